The highest BCUT2D eigenvalue weighted by atomic mass is 16.5. The number of hydrogen-bond donors (Lipinski definition) is 1. The van der Waals surface area contributed by atoms with Crippen molar-refractivity contribution >= 4 is 0 Å². The SMILES string of the molecule is CCNC1CCOCC1Cc1cccc(C)c1. The zero-order chi connectivity index (χ0) is 12.1. The second-order valence-corrected chi connectivity index (χ2v) is 4.98. The fourth-order valence-electron chi connectivity index (χ4n) is 2.67. The molecule has 0 spiro atoms. The zero-order valence-corrected chi connectivity index (χ0v) is 10.9. The highest BCUT2D eigenvalue weighted by Gasteiger charge is 2.24. The Balaban J connectivity index is 2.00. The van der Waals surface area contributed by atoms with Crippen LogP contribution in [0.1, 0.15) is 24.5 Å². The summed E-state index contributed by atoms with van der Waals surface area (Å²) in [5.41, 5.74) is 2.78. The third kappa shape index (κ3) is 3.55. The maximum absolute atomic E-state index is 5.62. The van der Waals surface area contributed by atoms with Gasteiger partial charge in [0.1, 0.15) is 0 Å². The van der Waals surface area contributed by atoms with Crippen molar-refractivity contribution in [2.24, 2.45) is 5.92 Å². The van der Waals surface area contributed by atoms with Gasteiger partial charge in [-0.25, -0.2) is 0 Å². The summed E-state index contributed by atoms with van der Waals surface area (Å²) < 4.78 is 5.62. The standard InChI is InChI=1S/C15H23NO/c1-3-16-15-7-8-17-11-14(15)10-13-6-4-5-12(2)9-13/h4-6,9,14-16H,3,7-8,10-11H2,1-2H3. The van der Waals surface area contributed by atoms with Crippen molar-refractivity contribution in [3.05, 3.63) is 35.4 Å². The second-order valence-electron chi connectivity index (χ2n) is 4.98. The summed E-state index contributed by atoms with van der Waals surface area (Å²) in [6, 6.07) is 9.44. The predicted molar refractivity (Wildman–Crippen MR) is 71.3 cm³/mol. The van der Waals surface area contributed by atoms with Gasteiger partial charge < -0.3 is 10.1 Å². The Morgan fingerprint density at radius 1 is 1.41 bits per heavy atom. The van der Waals surface area contributed by atoms with Crippen LogP contribution in [0.5, 0.6) is 0 Å². The van der Waals surface area contributed by atoms with Crippen LogP contribution in [-0.2, 0) is 11.2 Å². The van der Waals surface area contributed by atoms with E-state index in [4.69, 9.17) is 4.74 Å². The molecule has 0 aliphatic carbocycles. The lowest BCUT2D eigenvalue weighted by molar-refractivity contribution is 0.0327. The van der Waals surface area contributed by atoms with E-state index in [0.29, 0.717) is 12.0 Å². The van der Waals surface area contributed by atoms with Gasteiger partial charge in [0.15, 0.2) is 0 Å². The smallest absolute Gasteiger partial charge is 0.0512 e. The lowest BCUT2D eigenvalue weighted by Gasteiger charge is -2.32. The van der Waals surface area contributed by atoms with E-state index in [1.807, 2.05) is 0 Å². The summed E-state index contributed by atoms with van der Waals surface area (Å²) in [6.07, 6.45) is 2.27. The van der Waals surface area contributed by atoms with E-state index >= 15 is 0 Å². The monoisotopic (exact) mass is 233 g/mol. The molecule has 1 saturated heterocycles. The Hall–Kier alpha value is -0.860. The Morgan fingerprint density at radius 2 is 2.29 bits per heavy atom. The number of hydrogen-bond acceptors (Lipinski definition) is 2. The Kier molecular flexibility index (Phi) is 4.57. The van der Waals surface area contributed by atoms with Crippen LogP contribution in [0, 0.1) is 12.8 Å². The number of aryl methyl sites for hydroxylation is 1. The maximum atomic E-state index is 5.62. The third-order valence-electron chi connectivity index (χ3n) is 3.52. The minimum atomic E-state index is 0.616. The van der Waals surface area contributed by atoms with Gasteiger partial charge in [0.25, 0.3) is 0 Å². The van der Waals surface area contributed by atoms with Gasteiger partial charge in [0.05, 0.1) is 6.61 Å². The van der Waals surface area contributed by atoms with Crippen LogP contribution >= 0.6 is 0 Å². The number of rotatable bonds is 4. The van der Waals surface area contributed by atoms with Gasteiger partial charge in [-0.05, 0) is 31.9 Å². The highest BCUT2D eigenvalue weighted by molar-refractivity contribution is 5.22. The van der Waals surface area contributed by atoms with Gasteiger partial charge in [-0.2, -0.15) is 0 Å². The molecule has 0 bridgehead atoms. The van der Waals surface area contributed by atoms with E-state index in [-0.39, 0.29) is 0 Å². The van der Waals surface area contributed by atoms with E-state index in [0.717, 1.165) is 32.6 Å². The van der Waals surface area contributed by atoms with Gasteiger partial charge in [-0.3, -0.25) is 0 Å². The molecule has 2 atom stereocenters. The first kappa shape index (κ1) is 12.6. The molecule has 1 fully saturated rings. The van der Waals surface area contributed by atoms with E-state index in [9.17, 15) is 0 Å². The van der Waals surface area contributed by atoms with Crippen LogP contribution in [0.3, 0.4) is 0 Å². The first-order valence-electron chi connectivity index (χ1n) is 6.66. The minimum Gasteiger partial charge on any atom is -0.381 e. The second kappa shape index (κ2) is 6.18. The molecule has 0 radical (unpaired) electrons. The molecule has 17 heavy (non-hydrogen) atoms. The van der Waals surface area contributed by atoms with Crippen LogP contribution in [0.4, 0.5) is 0 Å². The molecule has 1 aromatic carbocycles. The lowest BCUT2D eigenvalue weighted by Crippen LogP contribution is -2.43. The topological polar surface area (TPSA) is 21.3 Å². The number of benzene rings is 1. The zero-order valence-electron chi connectivity index (χ0n) is 10.9. The largest absolute Gasteiger partial charge is 0.381 e. The lowest BCUT2D eigenvalue weighted by atomic mass is 9.89. The third-order valence-corrected chi connectivity index (χ3v) is 3.52. The summed E-state index contributed by atoms with van der Waals surface area (Å²) in [5, 5.41) is 3.59. The van der Waals surface area contributed by atoms with E-state index in [1.54, 1.807) is 0 Å². The quantitative estimate of drug-likeness (QED) is 0.863. The molecule has 1 N–H and O–H groups in total. The molecule has 2 rings (SSSR count). The van der Waals surface area contributed by atoms with E-state index in [1.165, 1.54) is 11.1 Å². The Bertz CT molecular complexity index is 349. The molecule has 1 aliphatic heterocycles. The first-order chi connectivity index (χ1) is 8.29. The average molecular weight is 233 g/mol. The van der Waals surface area contributed by atoms with Crippen molar-refractivity contribution in [2.45, 2.75) is 32.7 Å². The van der Waals surface area contributed by atoms with Crippen molar-refractivity contribution in [1.29, 1.82) is 0 Å². The van der Waals surface area contributed by atoms with Gasteiger partial charge in [-0.1, -0.05) is 36.8 Å². The fraction of sp³-hybridized carbons (Fsp3) is 0.600. The first-order valence-corrected chi connectivity index (χ1v) is 6.66. The van der Waals surface area contributed by atoms with Crippen molar-refractivity contribution in [1.82, 2.24) is 5.32 Å². The Labute approximate surface area is 104 Å². The van der Waals surface area contributed by atoms with Gasteiger partial charge in [0.2, 0.25) is 0 Å². The molecule has 94 valence electrons. The fourth-order valence-corrected chi connectivity index (χ4v) is 2.67. The summed E-state index contributed by atoms with van der Waals surface area (Å²) in [4.78, 5) is 0. The molecule has 1 heterocycles. The molecule has 0 amide bonds. The normalized spacial score (nSPS) is 24.8. The van der Waals surface area contributed by atoms with E-state index in [2.05, 4.69) is 43.4 Å². The average Bonchev–Trinajstić information content (AvgIpc) is 2.32. The molecule has 1 aromatic rings. The van der Waals surface area contributed by atoms with Crippen molar-refractivity contribution in [3.63, 3.8) is 0 Å². The number of ether oxygens (including phenoxy) is 1. The molecular weight excluding hydrogens is 210 g/mol. The molecule has 2 unspecified atom stereocenters. The number of nitrogens with one attached hydrogen (secondary N) is 1. The summed E-state index contributed by atoms with van der Waals surface area (Å²) in [6.45, 7) is 7.18. The van der Waals surface area contributed by atoms with Crippen molar-refractivity contribution < 1.29 is 4.74 Å². The van der Waals surface area contributed by atoms with Crippen LogP contribution in [0.25, 0.3) is 0 Å². The van der Waals surface area contributed by atoms with Crippen LogP contribution in [0.2, 0.25) is 0 Å². The van der Waals surface area contributed by atoms with Gasteiger partial charge in [-0.15, -0.1) is 0 Å². The van der Waals surface area contributed by atoms with Gasteiger partial charge >= 0.3 is 0 Å². The minimum absolute atomic E-state index is 0.616. The summed E-state index contributed by atoms with van der Waals surface area (Å²) >= 11 is 0. The van der Waals surface area contributed by atoms with Crippen molar-refractivity contribution in [3.8, 4) is 0 Å². The van der Waals surface area contributed by atoms with Crippen LogP contribution in [0.15, 0.2) is 24.3 Å². The molecule has 2 nitrogen and oxygen atoms in total. The predicted octanol–water partition coefficient (Wildman–Crippen LogP) is 2.55. The molecule has 2 heteroatoms. The Morgan fingerprint density at radius 3 is 3.06 bits per heavy atom. The summed E-state index contributed by atoms with van der Waals surface area (Å²) in [7, 11) is 0. The highest BCUT2D eigenvalue weighted by Crippen LogP contribution is 2.20. The van der Waals surface area contributed by atoms with Crippen molar-refractivity contribution in [2.75, 3.05) is 19.8 Å². The van der Waals surface area contributed by atoms with Crippen LogP contribution < -0.4 is 5.32 Å². The van der Waals surface area contributed by atoms with Crippen LogP contribution in [-0.4, -0.2) is 25.8 Å². The maximum Gasteiger partial charge on any atom is 0.0512 e. The molecule has 0 aromatic heterocycles. The van der Waals surface area contributed by atoms with E-state index < -0.39 is 0 Å². The summed E-state index contributed by atoms with van der Waals surface area (Å²) in [5.74, 6) is 0.616. The molecular formula is C15H23NO. The van der Waals surface area contributed by atoms with Gasteiger partial charge in [0, 0.05) is 18.6 Å². The molecule has 1 aliphatic rings. The molecule has 0 saturated carbocycles.